The average molecular weight is 470 g/mol. The number of para-hydroxylation sites is 2. The second-order valence-electron chi connectivity index (χ2n) is 7.59. The molecule has 0 saturated heterocycles. The number of anilines is 3. The zero-order chi connectivity index (χ0) is 22.8. The summed E-state index contributed by atoms with van der Waals surface area (Å²) in [6.07, 6.45) is 0. The Morgan fingerprint density at radius 2 is 1.39 bits per heavy atom. The highest BCUT2D eigenvalue weighted by molar-refractivity contribution is 7.80. The van der Waals surface area contributed by atoms with Gasteiger partial charge in [-0.25, -0.2) is 10.0 Å². The molecule has 0 bridgehead atoms. The molecule has 6 heteroatoms. The van der Waals surface area contributed by atoms with Crippen LogP contribution >= 0.6 is 23.8 Å². The van der Waals surface area contributed by atoms with Crippen LogP contribution in [0.4, 0.5) is 17.1 Å². The first-order valence-corrected chi connectivity index (χ1v) is 11.3. The predicted molar refractivity (Wildman–Crippen MR) is 138 cm³/mol. The average Bonchev–Trinajstić information content (AvgIpc) is 2.87. The number of benzene rings is 4. The molecule has 0 aliphatic carbocycles. The molecule has 5 rings (SSSR count). The standard InChI is InChI=1S/C27H20ClN3OS/c28-21-15-17-22(18-16-21)29-19-30(27(33)24-13-7-8-14-25(24)29)31(23-11-5-2-6-12-23)26(32)20-9-3-1-4-10-20/h1-18H,19H2. The third kappa shape index (κ3) is 4.09. The summed E-state index contributed by atoms with van der Waals surface area (Å²) in [5.41, 5.74) is 4.15. The molecule has 0 aromatic heterocycles. The molecular formula is C27H20ClN3OS. The number of carbonyl (C=O) groups excluding carboxylic acids is 1. The second-order valence-corrected chi connectivity index (χ2v) is 8.41. The molecule has 0 saturated carbocycles. The maximum atomic E-state index is 13.8. The largest absolute Gasteiger partial charge is 0.321 e. The highest BCUT2D eigenvalue weighted by atomic mass is 35.5. The van der Waals surface area contributed by atoms with Gasteiger partial charge in [0.1, 0.15) is 11.7 Å². The van der Waals surface area contributed by atoms with Gasteiger partial charge in [-0.05, 0) is 60.7 Å². The van der Waals surface area contributed by atoms with E-state index in [9.17, 15) is 4.79 Å². The Kier molecular flexibility index (Phi) is 5.82. The lowest BCUT2D eigenvalue weighted by molar-refractivity contribution is 0.0938. The highest BCUT2D eigenvalue weighted by Crippen LogP contribution is 2.36. The molecule has 4 nitrogen and oxygen atoms in total. The quantitative estimate of drug-likeness (QED) is 0.311. The van der Waals surface area contributed by atoms with Gasteiger partial charge in [-0.15, -0.1) is 0 Å². The van der Waals surface area contributed by atoms with E-state index >= 15 is 0 Å². The van der Waals surface area contributed by atoms with Crippen LogP contribution in [0.25, 0.3) is 0 Å². The van der Waals surface area contributed by atoms with Crippen LogP contribution in [0.2, 0.25) is 5.02 Å². The highest BCUT2D eigenvalue weighted by Gasteiger charge is 2.34. The monoisotopic (exact) mass is 469 g/mol. The summed E-state index contributed by atoms with van der Waals surface area (Å²) in [5.74, 6) is -0.153. The smallest absolute Gasteiger partial charge is 0.277 e. The summed E-state index contributed by atoms with van der Waals surface area (Å²) >= 11 is 12.1. The lowest BCUT2D eigenvalue weighted by Gasteiger charge is -2.44. The molecule has 1 heterocycles. The lowest BCUT2D eigenvalue weighted by atomic mass is 10.1. The van der Waals surface area contributed by atoms with Gasteiger partial charge < -0.3 is 4.90 Å². The third-order valence-electron chi connectivity index (χ3n) is 5.53. The molecule has 33 heavy (non-hydrogen) atoms. The third-order valence-corrected chi connectivity index (χ3v) is 6.21. The van der Waals surface area contributed by atoms with Crippen LogP contribution in [0.1, 0.15) is 15.9 Å². The van der Waals surface area contributed by atoms with Crippen molar-refractivity contribution < 1.29 is 4.79 Å². The van der Waals surface area contributed by atoms with Gasteiger partial charge in [0.05, 0.1) is 11.4 Å². The van der Waals surface area contributed by atoms with Crippen molar-refractivity contribution in [3.63, 3.8) is 0 Å². The first-order chi connectivity index (χ1) is 16.1. The molecule has 1 aliphatic rings. The molecule has 4 aromatic rings. The van der Waals surface area contributed by atoms with E-state index in [1.165, 1.54) is 0 Å². The van der Waals surface area contributed by atoms with Gasteiger partial charge in [-0.1, -0.05) is 72.3 Å². The van der Waals surface area contributed by atoms with Crippen LogP contribution in [-0.4, -0.2) is 22.6 Å². The molecule has 0 atom stereocenters. The molecule has 0 spiro atoms. The minimum atomic E-state index is -0.153. The van der Waals surface area contributed by atoms with E-state index in [-0.39, 0.29) is 5.91 Å². The number of carbonyl (C=O) groups is 1. The lowest BCUT2D eigenvalue weighted by Crippen LogP contribution is -2.56. The topological polar surface area (TPSA) is 26.8 Å². The first kappa shape index (κ1) is 21.2. The van der Waals surface area contributed by atoms with Crippen LogP contribution in [0.3, 0.4) is 0 Å². The fourth-order valence-corrected chi connectivity index (χ4v) is 4.38. The fraction of sp³-hybridized carbons (Fsp3) is 0.0370. The van der Waals surface area contributed by atoms with Crippen molar-refractivity contribution in [2.45, 2.75) is 0 Å². The minimum absolute atomic E-state index is 0.153. The molecule has 0 N–H and O–H groups in total. The van der Waals surface area contributed by atoms with Gasteiger partial charge in [0.25, 0.3) is 5.91 Å². The van der Waals surface area contributed by atoms with E-state index in [4.69, 9.17) is 23.8 Å². The first-order valence-electron chi connectivity index (χ1n) is 10.5. The Hall–Kier alpha value is -3.67. The predicted octanol–water partition coefficient (Wildman–Crippen LogP) is 6.69. The number of hydrazine groups is 1. The van der Waals surface area contributed by atoms with Crippen molar-refractivity contribution in [2.75, 3.05) is 16.6 Å². The number of hydrogen-bond donors (Lipinski definition) is 0. The number of halogens is 1. The Bertz CT molecular complexity index is 1300. The second kappa shape index (κ2) is 9.06. The normalized spacial score (nSPS) is 12.9. The Labute approximate surface area is 203 Å². The van der Waals surface area contributed by atoms with Crippen molar-refractivity contribution in [2.24, 2.45) is 0 Å². The molecule has 1 aliphatic heterocycles. The number of amides is 1. The van der Waals surface area contributed by atoms with Crippen LogP contribution in [0.5, 0.6) is 0 Å². The summed E-state index contributed by atoms with van der Waals surface area (Å²) in [6, 6.07) is 34.5. The molecule has 1 amide bonds. The molecular weight excluding hydrogens is 450 g/mol. The van der Waals surface area contributed by atoms with Gasteiger partial charge in [0.15, 0.2) is 0 Å². The van der Waals surface area contributed by atoms with E-state index < -0.39 is 0 Å². The van der Waals surface area contributed by atoms with Gasteiger partial charge >= 0.3 is 0 Å². The summed E-state index contributed by atoms with van der Waals surface area (Å²) in [4.78, 5) is 16.5. The summed E-state index contributed by atoms with van der Waals surface area (Å²) in [7, 11) is 0. The minimum Gasteiger partial charge on any atom is -0.321 e. The zero-order valence-corrected chi connectivity index (χ0v) is 19.2. The number of rotatable bonds is 4. The summed E-state index contributed by atoms with van der Waals surface area (Å²) in [5, 5.41) is 4.19. The van der Waals surface area contributed by atoms with E-state index in [1.54, 1.807) is 5.01 Å². The van der Waals surface area contributed by atoms with Crippen molar-refractivity contribution in [1.29, 1.82) is 0 Å². The van der Waals surface area contributed by atoms with Crippen molar-refractivity contribution in [3.8, 4) is 0 Å². The van der Waals surface area contributed by atoms with Crippen LogP contribution in [0, 0.1) is 0 Å². The van der Waals surface area contributed by atoms with Crippen LogP contribution in [0.15, 0.2) is 109 Å². The Balaban J connectivity index is 1.64. The SMILES string of the molecule is O=C(c1ccccc1)N(c1ccccc1)N1CN(c2ccc(Cl)cc2)c2ccccc2C1=S. The van der Waals surface area contributed by atoms with Gasteiger partial charge in [-0.3, -0.25) is 4.79 Å². The van der Waals surface area contributed by atoms with Crippen LogP contribution in [-0.2, 0) is 0 Å². The van der Waals surface area contributed by atoms with Crippen LogP contribution < -0.4 is 9.91 Å². The van der Waals surface area contributed by atoms with E-state index in [2.05, 4.69) is 4.90 Å². The Morgan fingerprint density at radius 3 is 2.09 bits per heavy atom. The maximum absolute atomic E-state index is 13.8. The van der Waals surface area contributed by atoms with E-state index in [0.717, 1.165) is 22.6 Å². The number of nitrogens with zero attached hydrogens (tertiary/aromatic N) is 3. The molecule has 162 valence electrons. The molecule has 0 unspecified atom stereocenters. The number of thiocarbonyl (C=S) groups is 1. The Morgan fingerprint density at radius 1 is 0.788 bits per heavy atom. The zero-order valence-electron chi connectivity index (χ0n) is 17.6. The molecule has 0 radical (unpaired) electrons. The number of fused-ring (bicyclic) bond motifs is 1. The molecule has 4 aromatic carbocycles. The number of hydrogen-bond acceptors (Lipinski definition) is 3. The summed E-state index contributed by atoms with van der Waals surface area (Å²) in [6.45, 7) is 0.366. The summed E-state index contributed by atoms with van der Waals surface area (Å²) < 4.78 is 0. The van der Waals surface area contributed by atoms with E-state index in [1.807, 2.05) is 114 Å². The van der Waals surface area contributed by atoms with E-state index in [0.29, 0.717) is 22.2 Å². The van der Waals surface area contributed by atoms with Crippen molar-refractivity contribution >= 4 is 51.8 Å². The molecule has 0 fully saturated rings. The maximum Gasteiger partial charge on any atom is 0.277 e. The van der Waals surface area contributed by atoms with Gasteiger partial charge in [0.2, 0.25) is 0 Å². The van der Waals surface area contributed by atoms with Gasteiger partial charge in [0, 0.05) is 21.8 Å². The van der Waals surface area contributed by atoms with Gasteiger partial charge in [-0.2, -0.15) is 0 Å². The van der Waals surface area contributed by atoms with Crippen molar-refractivity contribution in [3.05, 3.63) is 125 Å². The van der Waals surface area contributed by atoms with Crippen molar-refractivity contribution in [1.82, 2.24) is 5.01 Å². The fourth-order valence-electron chi connectivity index (χ4n) is 3.94.